The summed E-state index contributed by atoms with van der Waals surface area (Å²) in [5.41, 5.74) is 6.69. The van der Waals surface area contributed by atoms with Crippen molar-refractivity contribution in [3.8, 4) is 16.9 Å². The van der Waals surface area contributed by atoms with E-state index in [2.05, 4.69) is 58.0 Å². The van der Waals surface area contributed by atoms with Crippen LogP contribution >= 0.6 is 0 Å². The van der Waals surface area contributed by atoms with Gasteiger partial charge >= 0.3 is 0 Å². The zero-order chi connectivity index (χ0) is 26.3. The lowest BCUT2D eigenvalue weighted by molar-refractivity contribution is 0.102. The Morgan fingerprint density at radius 1 is 0.806 bits per heavy atom. The van der Waals surface area contributed by atoms with Crippen LogP contribution < -0.4 is 5.32 Å². The molecule has 0 atom stereocenters. The normalized spacial score (nSPS) is 12.0. The van der Waals surface area contributed by atoms with Gasteiger partial charge in [0.05, 0.1) is 11.4 Å². The molecule has 0 bridgehead atoms. The van der Waals surface area contributed by atoms with Gasteiger partial charge in [0.2, 0.25) is 0 Å². The molecule has 4 nitrogen and oxygen atoms in total. The zero-order valence-corrected chi connectivity index (χ0v) is 22.1. The molecule has 4 aromatic rings. The number of amides is 1. The lowest BCUT2D eigenvalue weighted by Crippen LogP contribution is -2.19. The third-order valence-electron chi connectivity index (χ3n) is 6.28. The van der Waals surface area contributed by atoms with Crippen LogP contribution in [0.2, 0.25) is 0 Å². The number of anilines is 1. The second-order valence-corrected chi connectivity index (χ2v) is 11.4. The fourth-order valence-electron chi connectivity index (χ4n) is 3.96. The van der Waals surface area contributed by atoms with Crippen molar-refractivity contribution in [2.24, 2.45) is 0 Å². The molecule has 0 aliphatic rings. The van der Waals surface area contributed by atoms with Crippen LogP contribution in [-0.2, 0) is 10.8 Å². The van der Waals surface area contributed by atoms with Crippen LogP contribution in [0.15, 0.2) is 72.8 Å². The molecule has 186 valence electrons. The number of nitrogens with one attached hydrogen (secondary N) is 1. The van der Waals surface area contributed by atoms with Crippen LogP contribution in [0, 0.1) is 12.7 Å². The van der Waals surface area contributed by atoms with Crippen molar-refractivity contribution < 1.29 is 9.18 Å². The Balaban J connectivity index is 1.75. The molecule has 5 heteroatoms. The minimum atomic E-state index is -0.325. The maximum Gasteiger partial charge on any atom is 0.276 e. The highest BCUT2D eigenvalue weighted by molar-refractivity contribution is 6.03. The van der Waals surface area contributed by atoms with Gasteiger partial charge in [-0.25, -0.2) is 9.07 Å². The predicted molar refractivity (Wildman–Crippen MR) is 145 cm³/mol. The van der Waals surface area contributed by atoms with Gasteiger partial charge in [-0.05, 0) is 71.3 Å². The summed E-state index contributed by atoms with van der Waals surface area (Å²) >= 11 is 0. The average Bonchev–Trinajstić information content (AvgIpc) is 3.24. The average molecular weight is 484 g/mol. The Bertz CT molecular complexity index is 1290. The van der Waals surface area contributed by atoms with E-state index in [9.17, 15) is 9.18 Å². The molecule has 0 saturated carbocycles. The van der Waals surface area contributed by atoms with Gasteiger partial charge in [0.1, 0.15) is 5.82 Å². The zero-order valence-electron chi connectivity index (χ0n) is 22.1. The van der Waals surface area contributed by atoms with Crippen molar-refractivity contribution in [1.29, 1.82) is 0 Å². The fourth-order valence-corrected chi connectivity index (χ4v) is 3.96. The summed E-state index contributed by atoms with van der Waals surface area (Å²) in [5, 5.41) is 7.70. The maximum atomic E-state index is 13.6. The molecular weight excluding hydrogens is 449 g/mol. The van der Waals surface area contributed by atoms with E-state index >= 15 is 0 Å². The molecule has 0 aliphatic heterocycles. The standard InChI is InChI=1S/C31H34FN3O/c1-20-8-10-21(11-9-20)28-19-27(34-35(28)26-14-12-24(32)13-15-26)29(36)33-25-17-22(30(2,3)4)16-23(18-25)31(5,6)7/h8-19H,1-7H3,(H,33,36). The van der Waals surface area contributed by atoms with Crippen molar-refractivity contribution in [2.75, 3.05) is 5.32 Å². The molecule has 36 heavy (non-hydrogen) atoms. The molecule has 0 saturated heterocycles. The molecule has 0 aliphatic carbocycles. The van der Waals surface area contributed by atoms with Crippen LogP contribution in [0.25, 0.3) is 16.9 Å². The van der Waals surface area contributed by atoms with Gasteiger partial charge in [-0.3, -0.25) is 4.79 Å². The Morgan fingerprint density at radius 2 is 1.36 bits per heavy atom. The first-order chi connectivity index (χ1) is 16.8. The highest BCUT2D eigenvalue weighted by Crippen LogP contribution is 2.32. The van der Waals surface area contributed by atoms with Crippen LogP contribution in [0.5, 0.6) is 0 Å². The number of hydrogen-bond donors (Lipinski definition) is 1. The molecule has 1 amide bonds. The van der Waals surface area contributed by atoms with Crippen molar-refractivity contribution in [3.05, 3.63) is 101 Å². The molecule has 1 heterocycles. The first-order valence-corrected chi connectivity index (χ1v) is 12.2. The quantitative estimate of drug-likeness (QED) is 0.321. The van der Waals surface area contributed by atoms with E-state index < -0.39 is 0 Å². The number of aryl methyl sites for hydroxylation is 1. The predicted octanol–water partition coefficient (Wildman–Crippen LogP) is 7.83. The lowest BCUT2D eigenvalue weighted by Gasteiger charge is -2.26. The van der Waals surface area contributed by atoms with E-state index in [1.165, 1.54) is 12.1 Å². The summed E-state index contributed by atoms with van der Waals surface area (Å²) in [6.45, 7) is 15.0. The summed E-state index contributed by atoms with van der Waals surface area (Å²) in [4.78, 5) is 13.4. The molecule has 0 unspecified atom stereocenters. The minimum Gasteiger partial charge on any atom is -0.321 e. The van der Waals surface area contributed by atoms with Crippen molar-refractivity contribution >= 4 is 11.6 Å². The Labute approximate surface area is 213 Å². The monoisotopic (exact) mass is 483 g/mol. The Kier molecular flexibility index (Phi) is 6.61. The van der Waals surface area contributed by atoms with E-state index in [0.717, 1.165) is 33.6 Å². The third kappa shape index (κ3) is 5.56. The number of benzene rings is 3. The van der Waals surface area contributed by atoms with E-state index in [0.29, 0.717) is 5.69 Å². The van der Waals surface area contributed by atoms with Gasteiger partial charge in [-0.1, -0.05) is 77.4 Å². The Hall–Kier alpha value is -3.73. The first kappa shape index (κ1) is 25.4. The minimum absolute atomic E-state index is 0.0660. The highest BCUT2D eigenvalue weighted by atomic mass is 19.1. The van der Waals surface area contributed by atoms with E-state index in [4.69, 9.17) is 0 Å². The van der Waals surface area contributed by atoms with Gasteiger partial charge in [-0.15, -0.1) is 0 Å². The molecule has 0 fully saturated rings. The van der Waals surface area contributed by atoms with E-state index in [-0.39, 0.29) is 28.2 Å². The largest absolute Gasteiger partial charge is 0.321 e. The number of nitrogens with zero attached hydrogens (tertiary/aromatic N) is 2. The van der Waals surface area contributed by atoms with Crippen LogP contribution in [0.3, 0.4) is 0 Å². The number of carbonyl (C=O) groups excluding carboxylic acids is 1. The van der Waals surface area contributed by atoms with Crippen molar-refractivity contribution in [3.63, 3.8) is 0 Å². The van der Waals surface area contributed by atoms with Gasteiger partial charge in [0.25, 0.3) is 5.91 Å². The highest BCUT2D eigenvalue weighted by Gasteiger charge is 2.22. The molecule has 3 aromatic carbocycles. The van der Waals surface area contributed by atoms with E-state index in [1.807, 2.05) is 43.3 Å². The lowest BCUT2D eigenvalue weighted by atomic mass is 9.80. The summed E-state index contributed by atoms with van der Waals surface area (Å²) < 4.78 is 15.3. The molecule has 0 spiro atoms. The van der Waals surface area contributed by atoms with Gasteiger partial charge in [0.15, 0.2) is 5.69 Å². The number of halogens is 1. The van der Waals surface area contributed by atoms with Crippen LogP contribution in [-0.4, -0.2) is 15.7 Å². The second kappa shape index (κ2) is 9.38. The molecule has 0 radical (unpaired) electrons. The van der Waals surface area contributed by atoms with E-state index in [1.54, 1.807) is 22.9 Å². The van der Waals surface area contributed by atoms with Gasteiger partial charge in [0, 0.05) is 11.3 Å². The number of carbonyl (C=O) groups is 1. The molecule has 1 aromatic heterocycles. The van der Waals surface area contributed by atoms with Crippen molar-refractivity contribution in [1.82, 2.24) is 9.78 Å². The SMILES string of the molecule is Cc1ccc(-c2cc(C(=O)Nc3cc(C(C)(C)C)cc(C(C)(C)C)c3)nn2-c2ccc(F)cc2)cc1. The first-order valence-electron chi connectivity index (χ1n) is 12.2. The third-order valence-corrected chi connectivity index (χ3v) is 6.28. The Morgan fingerprint density at radius 3 is 1.89 bits per heavy atom. The second-order valence-electron chi connectivity index (χ2n) is 11.4. The smallest absolute Gasteiger partial charge is 0.276 e. The molecular formula is C31H34FN3O. The topological polar surface area (TPSA) is 46.9 Å². The number of rotatable bonds is 4. The summed E-state index contributed by atoms with van der Waals surface area (Å²) in [6, 6.07) is 22.2. The van der Waals surface area contributed by atoms with Crippen LogP contribution in [0.4, 0.5) is 10.1 Å². The van der Waals surface area contributed by atoms with Gasteiger partial charge in [-0.2, -0.15) is 5.10 Å². The van der Waals surface area contributed by atoms with Gasteiger partial charge < -0.3 is 5.32 Å². The summed E-state index contributed by atoms with van der Waals surface area (Å²) in [5.74, 6) is -0.621. The molecule has 4 rings (SSSR count). The number of hydrogen-bond acceptors (Lipinski definition) is 2. The number of aromatic nitrogens is 2. The fraction of sp³-hybridized carbons (Fsp3) is 0.290. The van der Waals surface area contributed by atoms with Crippen molar-refractivity contribution in [2.45, 2.75) is 59.3 Å². The van der Waals surface area contributed by atoms with Crippen LogP contribution in [0.1, 0.15) is 68.7 Å². The summed E-state index contributed by atoms with van der Waals surface area (Å²) in [7, 11) is 0. The maximum absolute atomic E-state index is 13.6. The molecule has 1 N–H and O–H groups in total. The summed E-state index contributed by atoms with van der Waals surface area (Å²) in [6.07, 6.45) is 0.